The molecule has 6 rings (SSSR count). The van der Waals surface area contributed by atoms with Crippen LogP contribution in [0.4, 0.5) is 10.7 Å². The van der Waals surface area contributed by atoms with Gasteiger partial charge in [0.1, 0.15) is 10.0 Å². The molecule has 8 nitrogen and oxygen atoms in total. The zero-order chi connectivity index (χ0) is 25.5. The first kappa shape index (κ1) is 23.1. The summed E-state index contributed by atoms with van der Waals surface area (Å²) < 4.78 is 12.0. The summed E-state index contributed by atoms with van der Waals surface area (Å²) >= 11 is 3.08. The van der Waals surface area contributed by atoms with Crippen LogP contribution in [0, 0.1) is 17.0 Å². The van der Waals surface area contributed by atoms with E-state index in [-0.39, 0.29) is 18.4 Å². The van der Waals surface area contributed by atoms with Crippen molar-refractivity contribution < 1.29 is 19.2 Å². The molecule has 184 valence electrons. The summed E-state index contributed by atoms with van der Waals surface area (Å²) in [7, 11) is 0. The number of thiophene rings is 1. The predicted molar refractivity (Wildman–Crippen MR) is 144 cm³/mol. The number of benzene rings is 3. The molecule has 0 saturated heterocycles. The zero-order valence-electron chi connectivity index (χ0n) is 19.5. The lowest BCUT2D eigenvalue weighted by atomic mass is 10.1. The van der Waals surface area contributed by atoms with Gasteiger partial charge in [-0.25, -0.2) is 4.98 Å². The van der Waals surface area contributed by atoms with Crippen LogP contribution in [-0.2, 0) is 6.42 Å². The number of amides is 1. The van der Waals surface area contributed by atoms with Crippen LogP contribution < -0.4 is 14.8 Å². The average Bonchev–Trinajstić information content (AvgIpc) is 3.61. The van der Waals surface area contributed by atoms with E-state index in [0.29, 0.717) is 17.0 Å². The smallest absolute Gasteiger partial charge is 0.269 e. The van der Waals surface area contributed by atoms with Gasteiger partial charge in [0.25, 0.3) is 11.6 Å². The predicted octanol–water partition coefficient (Wildman–Crippen LogP) is 6.81. The van der Waals surface area contributed by atoms with Gasteiger partial charge in [0.15, 0.2) is 11.5 Å². The van der Waals surface area contributed by atoms with Gasteiger partial charge in [-0.05, 0) is 54.4 Å². The minimum atomic E-state index is -0.488. The van der Waals surface area contributed by atoms with Gasteiger partial charge in [-0.3, -0.25) is 14.9 Å². The molecule has 0 aliphatic carbocycles. The molecule has 5 aromatic rings. The monoisotopic (exact) mass is 529 g/mol. The molecule has 0 saturated carbocycles. The number of anilines is 1. The molecule has 0 unspecified atom stereocenters. The molecule has 1 N–H and O–H groups in total. The molecule has 1 amide bonds. The number of ether oxygens (including phenoxy) is 2. The van der Waals surface area contributed by atoms with Crippen LogP contribution in [0.2, 0.25) is 0 Å². The van der Waals surface area contributed by atoms with Gasteiger partial charge in [-0.15, -0.1) is 22.7 Å². The van der Waals surface area contributed by atoms with E-state index in [9.17, 15) is 14.9 Å². The van der Waals surface area contributed by atoms with Crippen molar-refractivity contribution >= 4 is 49.5 Å². The maximum absolute atomic E-state index is 13.1. The van der Waals surface area contributed by atoms with Crippen LogP contribution in [0.1, 0.15) is 26.4 Å². The Bertz CT molecular complexity index is 1640. The van der Waals surface area contributed by atoms with Crippen molar-refractivity contribution in [1.82, 2.24) is 4.98 Å². The molecular weight excluding hydrogens is 510 g/mol. The number of nitrogens with one attached hydrogen (secondary N) is 1. The van der Waals surface area contributed by atoms with Crippen LogP contribution in [0.15, 0.2) is 66.7 Å². The molecule has 1 aliphatic heterocycles. The molecule has 3 heterocycles. The highest BCUT2D eigenvalue weighted by atomic mass is 32.1. The maximum Gasteiger partial charge on any atom is 0.269 e. The van der Waals surface area contributed by atoms with E-state index in [4.69, 9.17) is 14.5 Å². The number of non-ortho nitro benzene ring substituents is 1. The number of thiazole rings is 1. The van der Waals surface area contributed by atoms with Crippen LogP contribution in [0.25, 0.3) is 20.8 Å². The van der Waals surface area contributed by atoms with Crippen molar-refractivity contribution in [2.24, 2.45) is 0 Å². The number of nitrogens with zero attached hydrogens (tertiary/aromatic N) is 2. The second-order valence-corrected chi connectivity index (χ2v) is 10.6. The number of hydrogen-bond acceptors (Lipinski definition) is 8. The molecule has 0 bridgehead atoms. The summed E-state index contributed by atoms with van der Waals surface area (Å²) in [5.74, 6) is 1.12. The highest BCUT2D eigenvalue weighted by Crippen LogP contribution is 2.44. The number of nitro groups is 1. The second-order valence-electron chi connectivity index (χ2n) is 8.46. The van der Waals surface area contributed by atoms with Crippen molar-refractivity contribution in [3.63, 3.8) is 0 Å². The topological polar surface area (TPSA) is 104 Å². The lowest BCUT2D eigenvalue weighted by molar-refractivity contribution is -0.384. The van der Waals surface area contributed by atoms with E-state index in [1.54, 1.807) is 11.3 Å². The van der Waals surface area contributed by atoms with E-state index >= 15 is 0 Å². The molecule has 3 aromatic carbocycles. The quantitative estimate of drug-likeness (QED) is 0.191. The summed E-state index contributed by atoms with van der Waals surface area (Å²) in [5.41, 5.74) is 4.17. The molecule has 1 aliphatic rings. The van der Waals surface area contributed by atoms with Gasteiger partial charge in [-0.2, -0.15) is 0 Å². The summed E-state index contributed by atoms with van der Waals surface area (Å²) in [5, 5.41) is 15.5. The lowest BCUT2D eigenvalue weighted by Crippen LogP contribution is -2.11. The molecule has 0 radical (unpaired) electrons. The fourth-order valence-corrected chi connectivity index (χ4v) is 6.57. The minimum absolute atomic E-state index is 0.0651. The zero-order valence-corrected chi connectivity index (χ0v) is 21.2. The minimum Gasteiger partial charge on any atom is -0.454 e. The van der Waals surface area contributed by atoms with Gasteiger partial charge >= 0.3 is 0 Å². The number of fused-ring (bicyclic) bond motifs is 2. The number of aromatic nitrogens is 1. The molecule has 0 fully saturated rings. The number of carbonyl (C=O) groups excluding carboxylic acids is 1. The highest BCUT2D eigenvalue weighted by Gasteiger charge is 2.23. The average molecular weight is 530 g/mol. The molecule has 37 heavy (non-hydrogen) atoms. The Balaban J connectivity index is 1.38. The fourth-order valence-electron chi connectivity index (χ4n) is 4.20. The SMILES string of the molecule is Cc1c(Cc2ccc3c(c2)OCO3)sc(NC(=O)c2ccc([N+](=O)[O-])cc2)c1-c1nc2ccccc2s1. The van der Waals surface area contributed by atoms with Crippen LogP contribution >= 0.6 is 22.7 Å². The van der Waals surface area contributed by atoms with Crippen molar-refractivity contribution in [2.45, 2.75) is 13.3 Å². The van der Waals surface area contributed by atoms with Gasteiger partial charge in [0.05, 0.1) is 15.1 Å². The van der Waals surface area contributed by atoms with E-state index in [0.717, 1.165) is 48.3 Å². The first-order chi connectivity index (χ1) is 18.0. The maximum atomic E-state index is 13.1. The van der Waals surface area contributed by atoms with Crippen molar-refractivity contribution in [1.29, 1.82) is 0 Å². The van der Waals surface area contributed by atoms with Crippen molar-refractivity contribution in [3.05, 3.63) is 98.4 Å². The number of carbonyl (C=O) groups is 1. The van der Waals surface area contributed by atoms with Crippen molar-refractivity contribution in [3.8, 4) is 22.1 Å². The Kier molecular flexibility index (Phi) is 5.82. The molecule has 0 spiro atoms. The van der Waals surface area contributed by atoms with E-state index in [1.165, 1.54) is 35.6 Å². The van der Waals surface area contributed by atoms with Crippen LogP contribution in [-0.4, -0.2) is 22.6 Å². The van der Waals surface area contributed by atoms with Gasteiger partial charge in [-0.1, -0.05) is 18.2 Å². The fraction of sp³-hybridized carbons (Fsp3) is 0.111. The molecule has 0 atom stereocenters. The molecule has 10 heteroatoms. The van der Waals surface area contributed by atoms with E-state index in [1.807, 2.05) is 49.4 Å². The van der Waals surface area contributed by atoms with Crippen LogP contribution in [0.5, 0.6) is 11.5 Å². The number of hydrogen-bond donors (Lipinski definition) is 1. The Morgan fingerprint density at radius 3 is 2.62 bits per heavy atom. The summed E-state index contributed by atoms with van der Waals surface area (Å²) in [6.45, 7) is 2.26. The molecule has 2 aromatic heterocycles. The Hall–Kier alpha value is -4.28. The summed E-state index contributed by atoms with van der Waals surface area (Å²) in [6.07, 6.45) is 0.651. The third kappa shape index (κ3) is 4.41. The van der Waals surface area contributed by atoms with Crippen molar-refractivity contribution in [2.75, 3.05) is 12.1 Å². The normalized spacial score (nSPS) is 12.1. The number of para-hydroxylation sites is 1. The first-order valence-corrected chi connectivity index (χ1v) is 13.0. The molecular formula is C27H19N3O5S2. The summed E-state index contributed by atoms with van der Waals surface area (Å²) in [6, 6.07) is 19.4. The Morgan fingerprint density at radius 1 is 1.05 bits per heavy atom. The number of nitro benzene ring substituents is 1. The first-order valence-electron chi connectivity index (χ1n) is 11.4. The third-order valence-corrected chi connectivity index (χ3v) is 8.38. The Morgan fingerprint density at radius 2 is 1.84 bits per heavy atom. The second kappa shape index (κ2) is 9.30. The summed E-state index contributed by atoms with van der Waals surface area (Å²) in [4.78, 5) is 29.6. The number of rotatable bonds is 6. The standard InChI is InChI=1S/C27H19N3O5S2/c1-15-23(13-16-6-11-20-21(12-16)35-14-34-20)37-27(24(15)26-28-19-4-2-3-5-22(19)36-26)29-25(31)17-7-9-18(10-8-17)30(32)33/h2-12H,13-14H2,1H3,(H,29,31). The third-order valence-electron chi connectivity index (χ3n) is 6.12. The Labute approximate surface area is 219 Å². The van der Waals surface area contributed by atoms with E-state index in [2.05, 4.69) is 5.32 Å². The van der Waals surface area contributed by atoms with Gasteiger partial charge in [0.2, 0.25) is 6.79 Å². The van der Waals surface area contributed by atoms with E-state index < -0.39 is 4.92 Å². The largest absolute Gasteiger partial charge is 0.454 e. The van der Waals surface area contributed by atoms with Crippen LogP contribution in [0.3, 0.4) is 0 Å². The van der Waals surface area contributed by atoms with Gasteiger partial charge < -0.3 is 14.8 Å². The highest BCUT2D eigenvalue weighted by molar-refractivity contribution is 7.23. The van der Waals surface area contributed by atoms with Gasteiger partial charge in [0, 0.05) is 34.6 Å². The lowest BCUT2D eigenvalue weighted by Gasteiger charge is -2.06.